The maximum absolute atomic E-state index is 5.56. The van der Waals surface area contributed by atoms with Gasteiger partial charge >= 0.3 is 0 Å². The molecule has 4 heteroatoms. The first-order chi connectivity index (χ1) is 7.88. The van der Waals surface area contributed by atoms with E-state index < -0.39 is 0 Å². The van der Waals surface area contributed by atoms with E-state index in [2.05, 4.69) is 10.7 Å². The van der Waals surface area contributed by atoms with E-state index in [0.29, 0.717) is 6.04 Å². The minimum Gasteiger partial charge on any atom is -0.374 e. The Morgan fingerprint density at radius 1 is 1.50 bits per heavy atom. The van der Waals surface area contributed by atoms with Crippen molar-refractivity contribution in [2.75, 3.05) is 13.7 Å². The maximum atomic E-state index is 5.56. The molecule has 88 valence electrons. The molecule has 1 unspecified atom stereocenters. The molecule has 2 fully saturated rings. The van der Waals surface area contributed by atoms with Crippen molar-refractivity contribution in [3.8, 4) is 0 Å². The molecule has 0 bridgehead atoms. The average molecular weight is 238 g/mol. The van der Waals surface area contributed by atoms with Crippen LogP contribution in [0.15, 0.2) is 5.38 Å². The van der Waals surface area contributed by atoms with Gasteiger partial charge in [0.05, 0.1) is 11.7 Å². The topological polar surface area (TPSA) is 34.1 Å². The zero-order valence-corrected chi connectivity index (χ0v) is 10.4. The van der Waals surface area contributed by atoms with Crippen LogP contribution in [-0.2, 0) is 4.74 Å². The third-order valence-corrected chi connectivity index (χ3v) is 4.43. The quantitative estimate of drug-likeness (QED) is 0.875. The lowest BCUT2D eigenvalue weighted by molar-refractivity contribution is 0.0842. The van der Waals surface area contributed by atoms with Crippen LogP contribution in [0, 0.1) is 5.92 Å². The van der Waals surface area contributed by atoms with Crippen molar-refractivity contribution < 1.29 is 4.74 Å². The molecule has 1 aliphatic heterocycles. The first-order valence-corrected chi connectivity index (χ1v) is 6.98. The van der Waals surface area contributed by atoms with E-state index in [1.807, 2.05) is 0 Å². The summed E-state index contributed by atoms with van der Waals surface area (Å²) in [6.45, 7) is 1.13. The van der Waals surface area contributed by atoms with Crippen molar-refractivity contribution in [3.63, 3.8) is 0 Å². The summed E-state index contributed by atoms with van der Waals surface area (Å²) >= 11 is 1.76. The van der Waals surface area contributed by atoms with Gasteiger partial charge in [-0.15, -0.1) is 11.3 Å². The Labute approximate surface area is 100 Å². The molecule has 0 radical (unpaired) electrons. The Kier molecular flexibility index (Phi) is 2.96. The van der Waals surface area contributed by atoms with E-state index in [1.54, 1.807) is 18.4 Å². The largest absolute Gasteiger partial charge is 0.374 e. The van der Waals surface area contributed by atoms with Gasteiger partial charge in [0, 0.05) is 12.5 Å². The third kappa shape index (κ3) is 2.01. The van der Waals surface area contributed by atoms with Crippen LogP contribution < -0.4 is 5.32 Å². The van der Waals surface area contributed by atoms with E-state index >= 15 is 0 Å². The van der Waals surface area contributed by atoms with Gasteiger partial charge < -0.3 is 10.1 Å². The molecule has 2 heterocycles. The predicted octanol–water partition coefficient (Wildman–Crippen LogP) is 2.67. The highest BCUT2D eigenvalue weighted by Crippen LogP contribution is 2.44. The highest BCUT2D eigenvalue weighted by molar-refractivity contribution is 7.09. The monoisotopic (exact) mass is 238 g/mol. The molecule has 1 aromatic rings. The first-order valence-electron chi connectivity index (χ1n) is 6.10. The molecule has 1 N–H and O–H groups in total. The van der Waals surface area contributed by atoms with Crippen molar-refractivity contribution in [1.29, 1.82) is 0 Å². The number of nitrogens with one attached hydrogen (secondary N) is 1. The normalized spacial score (nSPS) is 27.2. The van der Waals surface area contributed by atoms with Crippen LogP contribution in [0.1, 0.15) is 48.5 Å². The molecule has 0 spiro atoms. The van der Waals surface area contributed by atoms with Gasteiger partial charge in [-0.05, 0) is 38.1 Å². The van der Waals surface area contributed by atoms with Gasteiger partial charge in [0.2, 0.25) is 0 Å². The van der Waals surface area contributed by atoms with E-state index in [4.69, 9.17) is 9.72 Å². The zero-order valence-electron chi connectivity index (χ0n) is 9.61. The molecule has 1 saturated heterocycles. The first kappa shape index (κ1) is 10.7. The number of hydrogen-bond donors (Lipinski definition) is 1. The SMILES string of the molecule is COC(c1nc([C@@H]2CCCN2)cs1)C1CC1. The van der Waals surface area contributed by atoms with Crippen LogP contribution in [0.3, 0.4) is 0 Å². The summed E-state index contributed by atoms with van der Waals surface area (Å²) in [5.74, 6) is 0.723. The van der Waals surface area contributed by atoms with Crippen molar-refractivity contribution in [2.24, 2.45) is 5.92 Å². The Morgan fingerprint density at radius 3 is 3.00 bits per heavy atom. The van der Waals surface area contributed by atoms with E-state index in [9.17, 15) is 0 Å². The third-order valence-electron chi connectivity index (χ3n) is 3.50. The van der Waals surface area contributed by atoms with Crippen LogP contribution in [0.25, 0.3) is 0 Å². The van der Waals surface area contributed by atoms with Crippen molar-refractivity contribution in [3.05, 3.63) is 16.1 Å². The molecule has 2 aliphatic rings. The number of methoxy groups -OCH3 is 1. The van der Waals surface area contributed by atoms with E-state index in [1.165, 1.54) is 36.4 Å². The molecule has 0 amide bonds. The molecule has 16 heavy (non-hydrogen) atoms. The van der Waals surface area contributed by atoms with Gasteiger partial charge in [-0.1, -0.05) is 0 Å². The molecular formula is C12H18N2OS. The second-order valence-corrected chi connectivity index (χ2v) is 5.64. The second-order valence-electron chi connectivity index (χ2n) is 4.75. The number of ether oxygens (including phenoxy) is 1. The van der Waals surface area contributed by atoms with E-state index in [-0.39, 0.29) is 6.10 Å². The van der Waals surface area contributed by atoms with Crippen LogP contribution in [0.5, 0.6) is 0 Å². The molecule has 3 nitrogen and oxygen atoms in total. The standard InChI is InChI=1S/C12H18N2OS/c1-15-11(8-4-5-8)12-14-10(7-16-12)9-3-2-6-13-9/h7-9,11,13H,2-6H2,1H3/t9-,11?/m0/s1. The van der Waals surface area contributed by atoms with Crippen molar-refractivity contribution in [2.45, 2.75) is 37.8 Å². The van der Waals surface area contributed by atoms with Gasteiger partial charge in [0.1, 0.15) is 11.1 Å². The number of nitrogens with zero attached hydrogens (tertiary/aromatic N) is 1. The Morgan fingerprint density at radius 2 is 2.38 bits per heavy atom. The molecule has 0 aromatic carbocycles. The average Bonchev–Trinajstić information content (AvgIpc) is 2.84. The summed E-state index contributed by atoms with van der Waals surface area (Å²) in [6, 6.07) is 0.488. The summed E-state index contributed by atoms with van der Waals surface area (Å²) < 4.78 is 5.56. The van der Waals surface area contributed by atoms with Gasteiger partial charge in [-0.3, -0.25) is 0 Å². The Hall–Kier alpha value is -0.450. The zero-order chi connectivity index (χ0) is 11.0. The summed E-state index contributed by atoms with van der Waals surface area (Å²) in [7, 11) is 1.80. The summed E-state index contributed by atoms with van der Waals surface area (Å²) in [5.41, 5.74) is 1.22. The van der Waals surface area contributed by atoms with Crippen LogP contribution in [0.2, 0.25) is 0 Å². The smallest absolute Gasteiger partial charge is 0.122 e. The fourth-order valence-corrected chi connectivity index (χ4v) is 3.46. The van der Waals surface area contributed by atoms with Crippen LogP contribution in [0.4, 0.5) is 0 Å². The molecule has 1 saturated carbocycles. The van der Waals surface area contributed by atoms with Crippen LogP contribution >= 0.6 is 11.3 Å². The van der Waals surface area contributed by atoms with Gasteiger partial charge in [-0.2, -0.15) is 0 Å². The van der Waals surface area contributed by atoms with E-state index in [0.717, 1.165) is 12.5 Å². The predicted molar refractivity (Wildman–Crippen MR) is 64.6 cm³/mol. The van der Waals surface area contributed by atoms with Gasteiger partial charge in [0.25, 0.3) is 0 Å². The number of rotatable bonds is 4. The molecule has 1 aromatic heterocycles. The molecule has 3 rings (SSSR count). The molecule has 1 aliphatic carbocycles. The lowest BCUT2D eigenvalue weighted by Gasteiger charge is -2.11. The summed E-state index contributed by atoms with van der Waals surface area (Å²) in [4.78, 5) is 4.76. The lowest BCUT2D eigenvalue weighted by Crippen LogP contribution is -2.13. The number of hydrogen-bond acceptors (Lipinski definition) is 4. The second kappa shape index (κ2) is 4.43. The van der Waals surface area contributed by atoms with Crippen molar-refractivity contribution >= 4 is 11.3 Å². The highest BCUT2D eigenvalue weighted by Gasteiger charge is 2.34. The van der Waals surface area contributed by atoms with Crippen molar-refractivity contribution in [1.82, 2.24) is 10.3 Å². The van der Waals surface area contributed by atoms with Gasteiger partial charge in [-0.25, -0.2) is 4.98 Å². The Balaban J connectivity index is 1.75. The van der Waals surface area contributed by atoms with Gasteiger partial charge in [0.15, 0.2) is 0 Å². The minimum atomic E-state index is 0.250. The van der Waals surface area contributed by atoms with Crippen LogP contribution in [-0.4, -0.2) is 18.6 Å². The fourth-order valence-electron chi connectivity index (χ4n) is 2.42. The minimum absolute atomic E-state index is 0.250. The molecule has 2 atom stereocenters. The summed E-state index contributed by atoms with van der Waals surface area (Å²) in [6.07, 6.45) is 5.35. The maximum Gasteiger partial charge on any atom is 0.122 e. The highest BCUT2D eigenvalue weighted by atomic mass is 32.1. The molecular weight excluding hydrogens is 220 g/mol. The lowest BCUT2D eigenvalue weighted by atomic mass is 10.2. The Bertz CT molecular complexity index is 356. The number of thiazole rings is 1. The fraction of sp³-hybridized carbons (Fsp3) is 0.750. The summed E-state index contributed by atoms with van der Waals surface area (Å²) in [5, 5.41) is 6.87. The number of aromatic nitrogens is 1.